The first kappa shape index (κ1) is 14.8. The molecule has 1 unspecified atom stereocenters. The van der Waals surface area contributed by atoms with E-state index in [1.54, 1.807) is 6.92 Å². The van der Waals surface area contributed by atoms with Gasteiger partial charge in [0.15, 0.2) is 0 Å². The number of carbonyl (C=O) groups is 2. The van der Waals surface area contributed by atoms with E-state index >= 15 is 0 Å². The molecule has 0 rings (SSSR count). The molecule has 0 aromatic heterocycles. The van der Waals surface area contributed by atoms with Crippen molar-refractivity contribution in [3.8, 4) is 0 Å². The highest BCUT2D eigenvalue weighted by molar-refractivity contribution is 7.89. The zero-order valence-corrected chi connectivity index (χ0v) is 9.66. The minimum Gasteiger partial charge on any atom is -0.481 e. The third kappa shape index (κ3) is 6.36. The summed E-state index contributed by atoms with van der Waals surface area (Å²) in [5.74, 6) is -2.72. The Balaban J connectivity index is 4.45. The summed E-state index contributed by atoms with van der Waals surface area (Å²) in [6, 6.07) is -1.38. The van der Waals surface area contributed by atoms with Gasteiger partial charge in [0, 0.05) is 6.42 Å². The fraction of sp³-hybridized carbons (Fsp3) is 0.750. The van der Waals surface area contributed by atoms with Crippen LogP contribution in [0.1, 0.15) is 26.2 Å². The molecule has 0 radical (unpaired) electrons. The highest BCUT2D eigenvalue weighted by Crippen LogP contribution is 2.01. The highest BCUT2D eigenvalue weighted by Gasteiger charge is 2.23. The lowest BCUT2D eigenvalue weighted by Gasteiger charge is -2.13. The third-order valence-electron chi connectivity index (χ3n) is 1.74. The van der Waals surface area contributed by atoms with Gasteiger partial charge in [-0.15, -0.1) is 0 Å². The number of sulfonamides is 1. The molecule has 8 heteroatoms. The Labute approximate surface area is 93.5 Å². The molecule has 1 atom stereocenters. The summed E-state index contributed by atoms with van der Waals surface area (Å²) in [6.07, 6.45) is -0.306. The zero-order chi connectivity index (χ0) is 12.8. The molecule has 3 N–H and O–H groups in total. The van der Waals surface area contributed by atoms with Crippen LogP contribution in [0.4, 0.5) is 0 Å². The molecule has 0 aliphatic carbocycles. The SMILES string of the molecule is CCCS(=O)(=O)NC(CCC(=O)O)C(=O)O. The van der Waals surface area contributed by atoms with Crippen LogP contribution < -0.4 is 4.72 Å². The molecule has 0 aliphatic heterocycles. The van der Waals surface area contributed by atoms with Crippen molar-refractivity contribution in [3.63, 3.8) is 0 Å². The van der Waals surface area contributed by atoms with E-state index in [4.69, 9.17) is 10.2 Å². The summed E-state index contributed by atoms with van der Waals surface area (Å²) in [5.41, 5.74) is 0. The molecule has 0 aromatic rings. The van der Waals surface area contributed by atoms with Crippen molar-refractivity contribution in [3.05, 3.63) is 0 Å². The maximum Gasteiger partial charge on any atom is 0.321 e. The molecule has 0 bridgehead atoms. The summed E-state index contributed by atoms with van der Waals surface area (Å²) in [4.78, 5) is 20.9. The predicted molar refractivity (Wildman–Crippen MR) is 55.5 cm³/mol. The quantitative estimate of drug-likeness (QED) is 0.543. The summed E-state index contributed by atoms with van der Waals surface area (Å²) in [5, 5.41) is 17.1. The lowest BCUT2D eigenvalue weighted by Crippen LogP contribution is -2.42. The van der Waals surface area contributed by atoms with Gasteiger partial charge in [-0.05, 0) is 12.8 Å². The molecular weight excluding hydrogens is 238 g/mol. The standard InChI is InChI=1S/C8H15NO6S/c1-2-5-16(14,15)9-6(8(12)13)3-4-7(10)11/h6,9H,2-5H2,1H3,(H,10,11)(H,12,13). The summed E-state index contributed by atoms with van der Waals surface area (Å²) in [7, 11) is -3.65. The van der Waals surface area contributed by atoms with E-state index in [9.17, 15) is 18.0 Å². The van der Waals surface area contributed by atoms with Gasteiger partial charge >= 0.3 is 11.9 Å². The van der Waals surface area contributed by atoms with E-state index in [0.29, 0.717) is 6.42 Å². The summed E-state index contributed by atoms with van der Waals surface area (Å²) < 4.78 is 24.5. The average Bonchev–Trinajstić information content (AvgIpc) is 2.11. The van der Waals surface area contributed by atoms with E-state index < -0.39 is 34.4 Å². The largest absolute Gasteiger partial charge is 0.481 e. The van der Waals surface area contributed by atoms with Gasteiger partial charge in [0.2, 0.25) is 10.0 Å². The van der Waals surface area contributed by atoms with Gasteiger partial charge in [-0.3, -0.25) is 9.59 Å². The van der Waals surface area contributed by atoms with E-state index in [-0.39, 0.29) is 12.2 Å². The maximum absolute atomic E-state index is 11.3. The molecule has 0 heterocycles. The second-order valence-electron chi connectivity index (χ2n) is 3.26. The molecule has 0 fully saturated rings. The molecular formula is C8H15NO6S. The van der Waals surface area contributed by atoms with Crippen LogP contribution in [0.3, 0.4) is 0 Å². The Kier molecular flexibility index (Phi) is 5.97. The van der Waals surface area contributed by atoms with E-state index in [0.717, 1.165) is 0 Å². The minimum absolute atomic E-state index is 0.177. The zero-order valence-electron chi connectivity index (χ0n) is 8.84. The van der Waals surface area contributed by atoms with Crippen LogP contribution in [0.2, 0.25) is 0 Å². The van der Waals surface area contributed by atoms with Crippen molar-refractivity contribution in [2.75, 3.05) is 5.75 Å². The van der Waals surface area contributed by atoms with Crippen LogP contribution in [0.15, 0.2) is 0 Å². The number of aliphatic carboxylic acids is 2. The molecule has 0 aromatic carbocycles. The van der Waals surface area contributed by atoms with Gasteiger partial charge in [-0.1, -0.05) is 6.92 Å². The molecule has 7 nitrogen and oxygen atoms in total. The van der Waals surface area contributed by atoms with Crippen LogP contribution in [0.25, 0.3) is 0 Å². The van der Waals surface area contributed by atoms with Crippen LogP contribution in [0.5, 0.6) is 0 Å². The second kappa shape index (κ2) is 6.44. The Hall–Kier alpha value is -1.15. The summed E-state index contributed by atoms with van der Waals surface area (Å²) in [6.45, 7) is 1.65. The maximum atomic E-state index is 11.3. The molecule has 0 spiro atoms. The summed E-state index contributed by atoms with van der Waals surface area (Å²) >= 11 is 0. The lowest BCUT2D eigenvalue weighted by molar-refractivity contribution is -0.140. The van der Waals surface area contributed by atoms with Crippen molar-refractivity contribution in [2.24, 2.45) is 0 Å². The van der Waals surface area contributed by atoms with Crippen molar-refractivity contribution in [1.82, 2.24) is 4.72 Å². The lowest BCUT2D eigenvalue weighted by atomic mass is 10.2. The topological polar surface area (TPSA) is 121 Å². The Morgan fingerprint density at radius 1 is 1.31 bits per heavy atom. The number of carboxylic acids is 2. The van der Waals surface area contributed by atoms with Crippen molar-refractivity contribution in [1.29, 1.82) is 0 Å². The number of rotatable bonds is 8. The van der Waals surface area contributed by atoms with E-state index in [1.165, 1.54) is 0 Å². The number of nitrogens with one attached hydrogen (secondary N) is 1. The van der Waals surface area contributed by atoms with Gasteiger partial charge in [0.1, 0.15) is 6.04 Å². The average molecular weight is 253 g/mol. The smallest absolute Gasteiger partial charge is 0.321 e. The van der Waals surface area contributed by atoms with Crippen molar-refractivity contribution in [2.45, 2.75) is 32.2 Å². The first-order valence-corrected chi connectivity index (χ1v) is 6.38. The predicted octanol–water partition coefficient (Wildman–Crippen LogP) is -0.366. The second-order valence-corrected chi connectivity index (χ2v) is 5.13. The van der Waals surface area contributed by atoms with Crippen molar-refractivity contribution < 1.29 is 28.2 Å². The fourth-order valence-electron chi connectivity index (χ4n) is 1.05. The molecule has 0 saturated heterocycles. The van der Waals surface area contributed by atoms with Crippen LogP contribution in [-0.2, 0) is 19.6 Å². The Bertz CT molecular complexity index is 350. The monoisotopic (exact) mass is 253 g/mol. The molecule has 0 aliphatic rings. The number of carboxylic acid groups (broad SMARTS) is 2. The molecule has 0 saturated carbocycles. The minimum atomic E-state index is -3.65. The number of hydrogen-bond acceptors (Lipinski definition) is 4. The first-order valence-electron chi connectivity index (χ1n) is 4.73. The highest BCUT2D eigenvalue weighted by atomic mass is 32.2. The Morgan fingerprint density at radius 3 is 2.25 bits per heavy atom. The van der Waals surface area contributed by atoms with Crippen LogP contribution >= 0.6 is 0 Å². The fourth-order valence-corrected chi connectivity index (χ4v) is 2.35. The van der Waals surface area contributed by atoms with Gasteiger partial charge < -0.3 is 10.2 Å². The molecule has 94 valence electrons. The van der Waals surface area contributed by atoms with Gasteiger partial charge in [0.05, 0.1) is 5.75 Å². The van der Waals surface area contributed by atoms with Gasteiger partial charge in [-0.25, -0.2) is 13.1 Å². The van der Waals surface area contributed by atoms with Crippen LogP contribution in [-0.4, -0.2) is 42.4 Å². The van der Waals surface area contributed by atoms with E-state index in [2.05, 4.69) is 0 Å². The number of hydrogen-bond donors (Lipinski definition) is 3. The van der Waals surface area contributed by atoms with Gasteiger partial charge in [-0.2, -0.15) is 0 Å². The Morgan fingerprint density at radius 2 is 1.88 bits per heavy atom. The third-order valence-corrected chi connectivity index (χ3v) is 3.33. The first-order chi connectivity index (χ1) is 7.28. The van der Waals surface area contributed by atoms with Crippen molar-refractivity contribution >= 4 is 22.0 Å². The van der Waals surface area contributed by atoms with E-state index in [1.807, 2.05) is 4.72 Å². The molecule has 16 heavy (non-hydrogen) atoms. The molecule has 0 amide bonds. The van der Waals surface area contributed by atoms with Crippen LogP contribution in [0, 0.1) is 0 Å². The van der Waals surface area contributed by atoms with Gasteiger partial charge in [0.25, 0.3) is 0 Å². The normalized spacial score (nSPS) is 13.3.